The summed E-state index contributed by atoms with van der Waals surface area (Å²) in [6, 6.07) is 5.67. The van der Waals surface area contributed by atoms with Crippen LogP contribution < -0.4 is 31.1 Å². The molecule has 5 N–H and O–H groups in total. The SMILES string of the molecule is CN(C)C(=O)c1c(N(C)C=O)nc(C(=O)Nc2ccc3c(c2)N(C)CCN3CCNc2nc(N)c3[nH]cnc3n2)n1C. The van der Waals surface area contributed by atoms with Crippen LogP contribution in [-0.4, -0.2) is 107 Å². The molecule has 0 saturated heterocycles. The van der Waals surface area contributed by atoms with Gasteiger partial charge in [-0.2, -0.15) is 9.97 Å². The number of carbonyl (C=O) groups is 3. The zero-order valence-electron chi connectivity index (χ0n) is 24.0. The Hall–Kier alpha value is -5.41. The van der Waals surface area contributed by atoms with Crippen molar-refractivity contribution in [3.63, 3.8) is 0 Å². The van der Waals surface area contributed by atoms with Crippen LogP contribution in [0.4, 0.5) is 34.6 Å². The van der Waals surface area contributed by atoms with Gasteiger partial charge in [-0.3, -0.25) is 14.4 Å². The minimum Gasteiger partial charge on any atom is -0.382 e. The maximum atomic E-state index is 13.3. The van der Waals surface area contributed by atoms with E-state index >= 15 is 0 Å². The minimum atomic E-state index is -0.511. The van der Waals surface area contributed by atoms with Crippen molar-refractivity contribution in [1.29, 1.82) is 0 Å². The number of nitrogen functional groups attached to an aromatic ring is 1. The number of nitrogens with zero attached hydrogens (tertiary/aromatic N) is 9. The normalized spacial score (nSPS) is 12.7. The molecule has 0 atom stereocenters. The van der Waals surface area contributed by atoms with Gasteiger partial charge >= 0.3 is 0 Å². The molecule has 0 spiro atoms. The van der Waals surface area contributed by atoms with E-state index in [1.54, 1.807) is 21.1 Å². The highest BCUT2D eigenvalue weighted by Crippen LogP contribution is 2.35. The molecule has 1 aliphatic heterocycles. The molecular formula is C26H33N13O3. The summed E-state index contributed by atoms with van der Waals surface area (Å²) in [5.41, 5.74) is 9.76. The molecule has 0 unspecified atom stereocenters. The molecular weight excluding hydrogens is 542 g/mol. The lowest BCUT2D eigenvalue weighted by Gasteiger charge is -2.37. The molecule has 0 aliphatic carbocycles. The van der Waals surface area contributed by atoms with E-state index in [1.807, 2.05) is 25.2 Å². The second-order valence-electron chi connectivity index (χ2n) is 10.1. The van der Waals surface area contributed by atoms with Gasteiger partial charge in [0.25, 0.3) is 11.8 Å². The van der Waals surface area contributed by atoms with E-state index in [1.165, 1.54) is 27.7 Å². The summed E-state index contributed by atoms with van der Waals surface area (Å²) < 4.78 is 1.40. The van der Waals surface area contributed by atoms with Crippen molar-refractivity contribution in [1.82, 2.24) is 34.4 Å². The number of anilines is 6. The number of hydrogen-bond acceptors (Lipinski definition) is 11. The zero-order valence-corrected chi connectivity index (χ0v) is 24.0. The predicted octanol–water partition coefficient (Wildman–Crippen LogP) is 0.584. The van der Waals surface area contributed by atoms with Crippen molar-refractivity contribution in [3.05, 3.63) is 36.0 Å². The van der Waals surface area contributed by atoms with Crippen molar-refractivity contribution in [2.75, 3.05) is 85.4 Å². The monoisotopic (exact) mass is 575 g/mol. The highest BCUT2D eigenvalue weighted by atomic mass is 16.2. The third-order valence-electron chi connectivity index (χ3n) is 7.05. The Labute approximate surface area is 241 Å². The molecule has 0 bridgehead atoms. The summed E-state index contributed by atoms with van der Waals surface area (Å²) in [5.74, 6) is -0.0519. The highest BCUT2D eigenvalue weighted by Gasteiger charge is 2.28. The minimum absolute atomic E-state index is 0.00133. The largest absolute Gasteiger partial charge is 0.382 e. The lowest BCUT2D eigenvalue weighted by atomic mass is 10.1. The molecule has 16 heteroatoms. The van der Waals surface area contributed by atoms with Gasteiger partial charge < -0.3 is 45.5 Å². The Morgan fingerprint density at radius 3 is 2.64 bits per heavy atom. The summed E-state index contributed by atoms with van der Waals surface area (Å²) in [6.45, 7) is 2.84. The van der Waals surface area contributed by atoms with Gasteiger partial charge in [-0.05, 0) is 18.2 Å². The maximum absolute atomic E-state index is 13.3. The van der Waals surface area contributed by atoms with Crippen molar-refractivity contribution >= 4 is 64.0 Å². The van der Waals surface area contributed by atoms with Crippen LogP contribution in [0.15, 0.2) is 24.5 Å². The Morgan fingerprint density at radius 1 is 1.12 bits per heavy atom. The number of likely N-dealkylation sites (N-methyl/N-ethyl adjacent to an activating group) is 1. The Morgan fingerprint density at radius 2 is 1.90 bits per heavy atom. The van der Waals surface area contributed by atoms with Crippen molar-refractivity contribution < 1.29 is 14.4 Å². The third-order valence-corrected chi connectivity index (χ3v) is 7.05. The number of amides is 3. The molecule has 4 aromatic rings. The number of nitrogens with one attached hydrogen (secondary N) is 3. The molecule has 5 rings (SSSR count). The number of carbonyl (C=O) groups excluding carboxylic acids is 3. The van der Waals surface area contributed by atoms with E-state index in [0.717, 1.165) is 24.5 Å². The topological polar surface area (TPSA) is 187 Å². The highest BCUT2D eigenvalue weighted by molar-refractivity contribution is 6.06. The Balaban J connectivity index is 1.31. The predicted molar refractivity (Wildman–Crippen MR) is 160 cm³/mol. The van der Waals surface area contributed by atoms with Crippen LogP contribution in [0.2, 0.25) is 0 Å². The standard InChI is InChI=1S/C26H33N13O3/c1-35(2)25(42)19-22(37(4)14-40)34-23(38(19)5)24(41)31-15-6-7-16-17(12-15)36(3)10-11-39(16)9-8-28-26-32-20(27)18-21(33-26)30-13-29-18/h6-7,12-14H,8-11H2,1-5H3,(H,31,41)(H4,27,28,29,30,32,33). The van der Waals surface area contributed by atoms with Crippen LogP contribution in [0.5, 0.6) is 0 Å². The lowest BCUT2D eigenvalue weighted by Crippen LogP contribution is -2.41. The molecule has 4 heterocycles. The van der Waals surface area contributed by atoms with Gasteiger partial charge in [0, 0.05) is 67.1 Å². The third kappa shape index (κ3) is 5.21. The van der Waals surface area contributed by atoms with Crippen LogP contribution >= 0.6 is 0 Å². The maximum Gasteiger partial charge on any atom is 0.291 e. The average molecular weight is 576 g/mol. The molecule has 0 saturated carbocycles. The van der Waals surface area contributed by atoms with E-state index in [4.69, 9.17) is 5.73 Å². The molecule has 16 nitrogen and oxygen atoms in total. The van der Waals surface area contributed by atoms with Gasteiger partial charge in [-0.15, -0.1) is 0 Å². The number of fused-ring (bicyclic) bond motifs is 2. The van der Waals surface area contributed by atoms with E-state index < -0.39 is 5.91 Å². The lowest BCUT2D eigenvalue weighted by molar-refractivity contribution is -0.107. The molecule has 1 aliphatic rings. The summed E-state index contributed by atoms with van der Waals surface area (Å²) in [4.78, 5) is 64.5. The van der Waals surface area contributed by atoms with E-state index in [0.29, 0.717) is 48.1 Å². The Kier molecular flexibility index (Phi) is 7.52. The summed E-state index contributed by atoms with van der Waals surface area (Å²) in [5, 5.41) is 6.11. The van der Waals surface area contributed by atoms with Crippen molar-refractivity contribution in [2.24, 2.45) is 7.05 Å². The number of imidazole rings is 2. The van der Waals surface area contributed by atoms with E-state index in [9.17, 15) is 14.4 Å². The first kappa shape index (κ1) is 28.1. The van der Waals surface area contributed by atoms with Crippen molar-refractivity contribution in [3.8, 4) is 0 Å². The number of hydrogen-bond donors (Lipinski definition) is 4. The summed E-state index contributed by atoms with van der Waals surface area (Å²) in [6.07, 6.45) is 2.07. The van der Waals surface area contributed by atoms with Gasteiger partial charge in [0.1, 0.15) is 5.52 Å². The second-order valence-corrected chi connectivity index (χ2v) is 10.1. The molecule has 42 heavy (non-hydrogen) atoms. The first-order valence-electron chi connectivity index (χ1n) is 13.2. The van der Waals surface area contributed by atoms with Crippen LogP contribution in [0.25, 0.3) is 11.2 Å². The molecule has 3 aromatic heterocycles. The molecule has 3 amide bonds. The molecule has 1 aromatic carbocycles. The van der Waals surface area contributed by atoms with Gasteiger partial charge in [0.15, 0.2) is 23.0 Å². The first-order valence-corrected chi connectivity index (χ1v) is 13.2. The number of benzene rings is 1. The number of nitrogens with two attached hydrogens (primary N) is 1. The van der Waals surface area contributed by atoms with Crippen LogP contribution in [-0.2, 0) is 11.8 Å². The number of aromatic nitrogens is 6. The molecule has 0 radical (unpaired) electrons. The van der Waals surface area contributed by atoms with Crippen LogP contribution in [0.3, 0.4) is 0 Å². The van der Waals surface area contributed by atoms with Gasteiger partial charge in [0.05, 0.1) is 17.7 Å². The van der Waals surface area contributed by atoms with E-state index in [2.05, 4.69) is 45.4 Å². The number of aromatic amines is 1. The Bertz CT molecular complexity index is 1660. The van der Waals surface area contributed by atoms with E-state index in [-0.39, 0.29) is 23.2 Å². The smallest absolute Gasteiger partial charge is 0.291 e. The van der Waals surface area contributed by atoms with Gasteiger partial charge in [0.2, 0.25) is 18.2 Å². The number of rotatable bonds is 9. The van der Waals surface area contributed by atoms with Gasteiger partial charge in [-0.25, -0.2) is 9.97 Å². The van der Waals surface area contributed by atoms with Crippen molar-refractivity contribution in [2.45, 2.75) is 0 Å². The van der Waals surface area contributed by atoms with Gasteiger partial charge in [-0.1, -0.05) is 0 Å². The average Bonchev–Trinajstić information content (AvgIpc) is 3.58. The fourth-order valence-electron chi connectivity index (χ4n) is 4.78. The summed E-state index contributed by atoms with van der Waals surface area (Å²) >= 11 is 0. The fourth-order valence-corrected chi connectivity index (χ4v) is 4.78. The summed E-state index contributed by atoms with van der Waals surface area (Å²) in [7, 11) is 8.22. The zero-order chi connectivity index (χ0) is 30.1. The fraction of sp³-hybridized carbons (Fsp3) is 0.346. The van der Waals surface area contributed by atoms with Crippen LogP contribution in [0, 0.1) is 0 Å². The van der Waals surface area contributed by atoms with Crippen LogP contribution in [0.1, 0.15) is 21.1 Å². The second kappa shape index (κ2) is 11.2. The number of H-pyrrole nitrogens is 1. The molecule has 0 fully saturated rings. The molecule has 220 valence electrons. The quantitative estimate of drug-likeness (QED) is 0.205. The first-order chi connectivity index (χ1) is 20.1.